The van der Waals surface area contributed by atoms with Gasteiger partial charge in [0.2, 0.25) is 0 Å². The first-order valence-electron chi connectivity index (χ1n) is 3.54. The van der Waals surface area contributed by atoms with Gasteiger partial charge in [0.25, 0.3) is 0 Å². The van der Waals surface area contributed by atoms with E-state index in [1.807, 2.05) is 0 Å². The molecule has 4 nitrogen and oxygen atoms in total. The Kier molecular flexibility index (Phi) is 4.54. The Morgan fingerprint density at radius 1 is 1.75 bits per heavy atom. The fourth-order valence-electron chi connectivity index (χ4n) is 0.620. The lowest BCUT2D eigenvalue weighted by Crippen LogP contribution is -2.41. The first kappa shape index (κ1) is 11.1. The Hall–Kier alpha value is -0.870. The van der Waals surface area contributed by atoms with E-state index in [4.69, 9.17) is 4.74 Å². The Balaban J connectivity index is 3.86. The van der Waals surface area contributed by atoms with E-state index in [1.54, 1.807) is 0 Å². The fraction of sp³-hybridized carbons (Fsp3) is 0.625. The Morgan fingerprint density at radius 3 is 2.75 bits per heavy atom. The average Bonchev–Trinajstić information content (AvgIpc) is 2.03. The van der Waals surface area contributed by atoms with Crippen molar-refractivity contribution in [1.82, 2.24) is 0 Å². The van der Waals surface area contributed by atoms with Crippen molar-refractivity contribution < 1.29 is 19.4 Å². The van der Waals surface area contributed by atoms with Crippen LogP contribution in [0.2, 0.25) is 0 Å². The van der Waals surface area contributed by atoms with Crippen molar-refractivity contribution >= 4 is 5.97 Å². The van der Waals surface area contributed by atoms with Crippen LogP contribution in [-0.2, 0) is 14.3 Å². The lowest BCUT2D eigenvalue weighted by Gasteiger charge is -2.19. The van der Waals surface area contributed by atoms with Crippen LogP contribution in [0.3, 0.4) is 0 Å². The summed E-state index contributed by atoms with van der Waals surface area (Å²) in [4.78, 5) is 10.8. The second-order valence-electron chi connectivity index (χ2n) is 2.57. The molecule has 0 aliphatic carbocycles. The lowest BCUT2D eigenvalue weighted by atomic mass is 10.1. The standard InChI is InChI=1S/C8H14O4/c1-4-5-12-6-8(2,10)7(9)11-3/h4,10H,1,5-6H2,2-3H3. The summed E-state index contributed by atoms with van der Waals surface area (Å²) in [6, 6.07) is 0. The van der Waals surface area contributed by atoms with E-state index in [-0.39, 0.29) is 6.61 Å². The molecule has 0 heterocycles. The van der Waals surface area contributed by atoms with Crippen LogP contribution in [0.4, 0.5) is 0 Å². The highest BCUT2D eigenvalue weighted by Crippen LogP contribution is 2.05. The number of carbonyl (C=O) groups is 1. The molecule has 0 spiro atoms. The minimum Gasteiger partial charge on any atom is -0.467 e. The smallest absolute Gasteiger partial charge is 0.339 e. The Labute approximate surface area is 71.8 Å². The van der Waals surface area contributed by atoms with Gasteiger partial charge in [-0.05, 0) is 6.92 Å². The van der Waals surface area contributed by atoms with Gasteiger partial charge in [-0.2, -0.15) is 0 Å². The Morgan fingerprint density at radius 2 is 2.33 bits per heavy atom. The first-order chi connectivity index (χ1) is 5.54. The molecule has 0 saturated carbocycles. The molecule has 4 heteroatoms. The average molecular weight is 174 g/mol. The Bertz CT molecular complexity index is 162. The lowest BCUT2D eigenvalue weighted by molar-refractivity contribution is -0.165. The van der Waals surface area contributed by atoms with Crippen molar-refractivity contribution in [2.24, 2.45) is 0 Å². The molecule has 0 aromatic heterocycles. The SMILES string of the molecule is C=CCOCC(C)(O)C(=O)OC. The van der Waals surface area contributed by atoms with E-state index in [0.29, 0.717) is 6.61 Å². The molecule has 1 atom stereocenters. The molecule has 0 bridgehead atoms. The summed E-state index contributed by atoms with van der Waals surface area (Å²) < 4.78 is 9.25. The predicted molar refractivity (Wildman–Crippen MR) is 43.7 cm³/mol. The third-order valence-corrected chi connectivity index (χ3v) is 1.24. The molecule has 70 valence electrons. The van der Waals surface area contributed by atoms with Crippen molar-refractivity contribution in [3.05, 3.63) is 12.7 Å². The molecule has 0 aliphatic heterocycles. The van der Waals surface area contributed by atoms with Gasteiger partial charge in [-0.1, -0.05) is 6.08 Å². The monoisotopic (exact) mass is 174 g/mol. The van der Waals surface area contributed by atoms with Gasteiger partial charge < -0.3 is 14.6 Å². The maximum Gasteiger partial charge on any atom is 0.339 e. The summed E-state index contributed by atoms with van der Waals surface area (Å²) in [5, 5.41) is 9.38. The van der Waals surface area contributed by atoms with E-state index in [9.17, 15) is 9.90 Å². The van der Waals surface area contributed by atoms with Crippen LogP contribution in [-0.4, -0.2) is 37.0 Å². The zero-order valence-electron chi connectivity index (χ0n) is 7.37. The fourth-order valence-corrected chi connectivity index (χ4v) is 0.620. The summed E-state index contributed by atoms with van der Waals surface area (Å²) >= 11 is 0. The molecule has 1 unspecified atom stereocenters. The zero-order chi connectivity index (χ0) is 9.61. The van der Waals surface area contributed by atoms with Crippen molar-refractivity contribution in [2.75, 3.05) is 20.3 Å². The number of hydrogen-bond acceptors (Lipinski definition) is 4. The van der Waals surface area contributed by atoms with Gasteiger partial charge in [0, 0.05) is 0 Å². The second kappa shape index (κ2) is 4.90. The van der Waals surface area contributed by atoms with Crippen molar-refractivity contribution in [2.45, 2.75) is 12.5 Å². The summed E-state index contributed by atoms with van der Waals surface area (Å²) in [5.74, 6) is -0.702. The van der Waals surface area contributed by atoms with Crippen LogP contribution in [0.15, 0.2) is 12.7 Å². The van der Waals surface area contributed by atoms with Crippen molar-refractivity contribution in [3.63, 3.8) is 0 Å². The molecule has 0 radical (unpaired) electrons. The minimum atomic E-state index is -1.57. The molecule has 0 saturated heterocycles. The van der Waals surface area contributed by atoms with Gasteiger partial charge in [0.15, 0.2) is 5.60 Å². The molecule has 0 aromatic carbocycles. The minimum absolute atomic E-state index is 0.0916. The second-order valence-corrected chi connectivity index (χ2v) is 2.57. The number of rotatable bonds is 5. The van der Waals surface area contributed by atoms with E-state index in [0.717, 1.165) is 0 Å². The van der Waals surface area contributed by atoms with E-state index in [1.165, 1.54) is 20.1 Å². The molecule has 0 aromatic rings. The highest BCUT2D eigenvalue weighted by Gasteiger charge is 2.31. The normalized spacial score (nSPS) is 14.9. The summed E-state index contributed by atoms with van der Waals surface area (Å²) in [5.41, 5.74) is -1.57. The highest BCUT2D eigenvalue weighted by atomic mass is 16.6. The van der Waals surface area contributed by atoms with Crippen molar-refractivity contribution in [3.8, 4) is 0 Å². The number of carbonyl (C=O) groups excluding carboxylic acids is 1. The van der Waals surface area contributed by atoms with E-state index < -0.39 is 11.6 Å². The van der Waals surface area contributed by atoms with Gasteiger partial charge >= 0.3 is 5.97 Å². The topological polar surface area (TPSA) is 55.8 Å². The molecule has 12 heavy (non-hydrogen) atoms. The van der Waals surface area contributed by atoms with Gasteiger partial charge in [0.1, 0.15) is 0 Å². The largest absolute Gasteiger partial charge is 0.467 e. The van der Waals surface area contributed by atoms with Gasteiger partial charge in [-0.25, -0.2) is 4.79 Å². The highest BCUT2D eigenvalue weighted by molar-refractivity contribution is 5.78. The molecule has 1 N–H and O–H groups in total. The molecular formula is C8H14O4. The van der Waals surface area contributed by atoms with Crippen LogP contribution in [0, 0.1) is 0 Å². The maximum absolute atomic E-state index is 10.8. The third-order valence-electron chi connectivity index (χ3n) is 1.24. The van der Waals surface area contributed by atoms with Crippen LogP contribution in [0.25, 0.3) is 0 Å². The predicted octanol–water partition coefficient (Wildman–Crippen LogP) is 0.113. The van der Waals surface area contributed by atoms with Crippen LogP contribution < -0.4 is 0 Å². The first-order valence-corrected chi connectivity index (χ1v) is 3.54. The molecular weight excluding hydrogens is 160 g/mol. The number of ether oxygens (including phenoxy) is 2. The number of aliphatic hydroxyl groups is 1. The molecule has 0 fully saturated rings. The summed E-state index contributed by atoms with van der Waals surface area (Å²) in [6.45, 7) is 4.96. The number of methoxy groups -OCH3 is 1. The van der Waals surface area contributed by atoms with Crippen LogP contribution in [0.1, 0.15) is 6.92 Å². The number of hydrogen-bond donors (Lipinski definition) is 1. The van der Waals surface area contributed by atoms with Gasteiger partial charge in [-0.15, -0.1) is 6.58 Å². The summed E-state index contributed by atoms with van der Waals surface area (Å²) in [7, 11) is 1.21. The van der Waals surface area contributed by atoms with Crippen molar-refractivity contribution in [1.29, 1.82) is 0 Å². The van der Waals surface area contributed by atoms with Gasteiger partial charge in [-0.3, -0.25) is 0 Å². The van der Waals surface area contributed by atoms with Crippen LogP contribution >= 0.6 is 0 Å². The summed E-state index contributed by atoms with van der Waals surface area (Å²) in [6.07, 6.45) is 1.54. The number of esters is 1. The molecule has 0 rings (SSSR count). The van der Waals surface area contributed by atoms with Gasteiger partial charge in [0.05, 0.1) is 20.3 Å². The third kappa shape index (κ3) is 3.50. The molecule has 0 aliphatic rings. The quantitative estimate of drug-likeness (QED) is 0.365. The van der Waals surface area contributed by atoms with Crippen LogP contribution in [0.5, 0.6) is 0 Å². The van der Waals surface area contributed by atoms with E-state index in [2.05, 4.69) is 11.3 Å². The molecule has 0 amide bonds. The zero-order valence-corrected chi connectivity index (χ0v) is 7.37. The van der Waals surface area contributed by atoms with E-state index >= 15 is 0 Å². The maximum atomic E-state index is 10.8.